The van der Waals surface area contributed by atoms with Crippen LogP contribution >= 0.6 is 0 Å². The molecule has 0 aromatic heterocycles. The van der Waals surface area contributed by atoms with E-state index in [1.807, 2.05) is 6.92 Å². The first kappa shape index (κ1) is 16.9. The Morgan fingerprint density at radius 3 is 2.85 bits per heavy atom. The number of piperidine rings is 1. The molecular weight excluding hydrogens is 256 g/mol. The minimum Gasteiger partial charge on any atom is -0.338 e. The molecule has 1 heterocycles. The summed E-state index contributed by atoms with van der Waals surface area (Å²) in [5.74, 6) is 0.194. The van der Waals surface area contributed by atoms with Gasteiger partial charge in [-0.05, 0) is 38.6 Å². The zero-order valence-corrected chi connectivity index (χ0v) is 12.7. The normalized spacial score (nSPS) is 21.2. The van der Waals surface area contributed by atoms with Crippen LogP contribution < -0.4 is 16.4 Å². The number of imide groups is 1. The van der Waals surface area contributed by atoms with Crippen molar-refractivity contribution in [3.05, 3.63) is 0 Å². The summed E-state index contributed by atoms with van der Waals surface area (Å²) < 4.78 is 0. The van der Waals surface area contributed by atoms with E-state index in [1.165, 1.54) is 0 Å². The predicted molar refractivity (Wildman–Crippen MR) is 79.3 cm³/mol. The first-order valence-electron chi connectivity index (χ1n) is 7.58. The van der Waals surface area contributed by atoms with Gasteiger partial charge >= 0.3 is 6.03 Å². The summed E-state index contributed by atoms with van der Waals surface area (Å²) in [6.07, 6.45) is 4.11. The van der Waals surface area contributed by atoms with Crippen LogP contribution in [0, 0.1) is 5.92 Å². The van der Waals surface area contributed by atoms with Gasteiger partial charge < -0.3 is 11.1 Å². The van der Waals surface area contributed by atoms with E-state index < -0.39 is 6.03 Å². The standard InChI is InChI=1S/C14H28N4O2/c1-3-4-7-16-14(20)17-13(19)10-18-8-5-6-12(9-18)11(2)15/h11-12H,3-10,15H2,1-2H3,(H2,16,17,19,20). The van der Waals surface area contributed by atoms with Gasteiger partial charge in [0.25, 0.3) is 0 Å². The van der Waals surface area contributed by atoms with Crippen LogP contribution in [0.4, 0.5) is 4.79 Å². The molecule has 1 saturated heterocycles. The molecule has 0 saturated carbocycles. The summed E-state index contributed by atoms with van der Waals surface area (Å²) in [5.41, 5.74) is 5.92. The van der Waals surface area contributed by atoms with Crippen molar-refractivity contribution in [1.29, 1.82) is 0 Å². The monoisotopic (exact) mass is 284 g/mol. The van der Waals surface area contributed by atoms with Gasteiger partial charge in [0.15, 0.2) is 0 Å². The number of carbonyl (C=O) groups excluding carboxylic acids is 2. The fourth-order valence-corrected chi connectivity index (χ4v) is 2.46. The van der Waals surface area contributed by atoms with Crippen LogP contribution in [0.25, 0.3) is 0 Å². The van der Waals surface area contributed by atoms with Crippen molar-refractivity contribution in [2.45, 2.75) is 45.6 Å². The van der Waals surface area contributed by atoms with Gasteiger partial charge in [0, 0.05) is 19.1 Å². The first-order chi connectivity index (χ1) is 9.52. The number of rotatable bonds is 6. The molecule has 0 aromatic carbocycles. The fraction of sp³-hybridized carbons (Fsp3) is 0.857. The van der Waals surface area contributed by atoms with Crippen molar-refractivity contribution >= 4 is 11.9 Å². The second kappa shape index (κ2) is 8.92. The van der Waals surface area contributed by atoms with Gasteiger partial charge in [-0.2, -0.15) is 0 Å². The van der Waals surface area contributed by atoms with Gasteiger partial charge in [0.2, 0.25) is 5.91 Å². The van der Waals surface area contributed by atoms with Crippen LogP contribution in [0.2, 0.25) is 0 Å². The van der Waals surface area contributed by atoms with Crippen molar-refractivity contribution in [2.24, 2.45) is 11.7 Å². The van der Waals surface area contributed by atoms with E-state index in [4.69, 9.17) is 5.73 Å². The van der Waals surface area contributed by atoms with E-state index in [2.05, 4.69) is 22.5 Å². The van der Waals surface area contributed by atoms with Gasteiger partial charge in [-0.25, -0.2) is 4.79 Å². The summed E-state index contributed by atoms with van der Waals surface area (Å²) in [6, 6.07) is -0.248. The second-order valence-electron chi connectivity index (χ2n) is 5.65. The molecule has 1 rings (SSSR count). The molecule has 0 radical (unpaired) electrons. The Morgan fingerprint density at radius 1 is 1.45 bits per heavy atom. The van der Waals surface area contributed by atoms with Crippen LogP contribution in [0.5, 0.6) is 0 Å². The topological polar surface area (TPSA) is 87.5 Å². The molecule has 2 atom stereocenters. The van der Waals surface area contributed by atoms with Gasteiger partial charge in [0.1, 0.15) is 0 Å². The highest BCUT2D eigenvalue weighted by Crippen LogP contribution is 2.18. The maximum atomic E-state index is 11.8. The van der Waals surface area contributed by atoms with Crippen molar-refractivity contribution in [3.8, 4) is 0 Å². The molecule has 6 heteroatoms. The number of hydrogen-bond acceptors (Lipinski definition) is 4. The minimum absolute atomic E-state index is 0.151. The summed E-state index contributed by atoms with van der Waals surface area (Å²) in [5, 5.41) is 5.04. The number of urea groups is 1. The lowest BCUT2D eigenvalue weighted by molar-refractivity contribution is -0.121. The lowest BCUT2D eigenvalue weighted by Crippen LogP contribution is -2.48. The van der Waals surface area contributed by atoms with Gasteiger partial charge in [-0.15, -0.1) is 0 Å². The summed E-state index contributed by atoms with van der Waals surface area (Å²) in [6.45, 7) is 6.67. The molecule has 2 unspecified atom stereocenters. The Labute approximate surface area is 121 Å². The molecule has 3 amide bonds. The Morgan fingerprint density at radius 2 is 2.20 bits per heavy atom. The molecule has 1 aliphatic rings. The number of nitrogens with one attached hydrogen (secondary N) is 2. The van der Waals surface area contributed by atoms with Crippen molar-refractivity contribution in [2.75, 3.05) is 26.2 Å². The minimum atomic E-state index is -0.399. The molecule has 116 valence electrons. The molecular formula is C14H28N4O2. The van der Waals surface area contributed by atoms with Crippen molar-refractivity contribution < 1.29 is 9.59 Å². The summed E-state index contributed by atoms with van der Waals surface area (Å²) in [4.78, 5) is 25.3. The molecule has 6 nitrogen and oxygen atoms in total. The highest BCUT2D eigenvalue weighted by Gasteiger charge is 2.24. The van der Waals surface area contributed by atoms with Crippen LogP contribution in [-0.4, -0.2) is 49.1 Å². The number of hydrogen-bond donors (Lipinski definition) is 3. The first-order valence-corrected chi connectivity index (χ1v) is 7.58. The molecule has 1 fully saturated rings. The Bertz CT molecular complexity index is 320. The second-order valence-corrected chi connectivity index (χ2v) is 5.65. The Balaban J connectivity index is 2.25. The molecule has 0 aliphatic carbocycles. The smallest absolute Gasteiger partial charge is 0.321 e. The maximum Gasteiger partial charge on any atom is 0.321 e. The van der Waals surface area contributed by atoms with E-state index in [1.54, 1.807) is 0 Å². The molecule has 0 aromatic rings. The SMILES string of the molecule is CCCCNC(=O)NC(=O)CN1CCCC(C(C)N)C1. The van der Waals surface area contributed by atoms with Crippen LogP contribution in [-0.2, 0) is 4.79 Å². The third-order valence-corrected chi connectivity index (χ3v) is 3.72. The van der Waals surface area contributed by atoms with E-state index in [9.17, 15) is 9.59 Å². The lowest BCUT2D eigenvalue weighted by Gasteiger charge is -2.34. The molecule has 0 bridgehead atoms. The Hall–Kier alpha value is -1.14. The third kappa shape index (κ3) is 6.34. The number of likely N-dealkylation sites (tertiary alicyclic amines) is 1. The largest absolute Gasteiger partial charge is 0.338 e. The van der Waals surface area contributed by atoms with Crippen LogP contribution in [0.15, 0.2) is 0 Å². The molecule has 4 N–H and O–H groups in total. The predicted octanol–water partition coefficient (Wildman–Crippen LogP) is 0.672. The van der Waals surface area contributed by atoms with E-state index in [0.29, 0.717) is 12.5 Å². The lowest BCUT2D eigenvalue weighted by atomic mass is 9.92. The zero-order chi connectivity index (χ0) is 15.0. The summed E-state index contributed by atoms with van der Waals surface area (Å²) in [7, 11) is 0. The quantitative estimate of drug-likeness (QED) is 0.626. The van der Waals surface area contributed by atoms with Crippen LogP contribution in [0.3, 0.4) is 0 Å². The molecule has 20 heavy (non-hydrogen) atoms. The van der Waals surface area contributed by atoms with Gasteiger partial charge in [-0.1, -0.05) is 13.3 Å². The van der Waals surface area contributed by atoms with Gasteiger partial charge in [-0.3, -0.25) is 15.0 Å². The zero-order valence-electron chi connectivity index (χ0n) is 12.7. The van der Waals surface area contributed by atoms with Crippen molar-refractivity contribution in [1.82, 2.24) is 15.5 Å². The maximum absolute atomic E-state index is 11.8. The highest BCUT2D eigenvalue weighted by atomic mass is 16.2. The van der Waals surface area contributed by atoms with Gasteiger partial charge in [0.05, 0.1) is 6.54 Å². The average Bonchev–Trinajstić information content (AvgIpc) is 2.39. The van der Waals surface area contributed by atoms with E-state index in [-0.39, 0.29) is 18.5 Å². The third-order valence-electron chi connectivity index (χ3n) is 3.72. The van der Waals surface area contributed by atoms with Crippen LogP contribution in [0.1, 0.15) is 39.5 Å². The highest BCUT2D eigenvalue weighted by molar-refractivity contribution is 5.95. The summed E-state index contributed by atoms with van der Waals surface area (Å²) >= 11 is 0. The van der Waals surface area contributed by atoms with E-state index in [0.717, 1.165) is 38.8 Å². The molecule has 1 aliphatic heterocycles. The molecule has 0 spiro atoms. The number of nitrogens with two attached hydrogens (primary N) is 1. The number of nitrogens with zero attached hydrogens (tertiary/aromatic N) is 1. The van der Waals surface area contributed by atoms with E-state index >= 15 is 0 Å². The number of carbonyl (C=O) groups is 2. The fourth-order valence-electron chi connectivity index (χ4n) is 2.46. The average molecular weight is 284 g/mol. The number of unbranched alkanes of at least 4 members (excludes halogenated alkanes) is 1. The van der Waals surface area contributed by atoms with Crippen molar-refractivity contribution in [3.63, 3.8) is 0 Å². The number of amides is 3. The Kier molecular flexibility index (Phi) is 7.54.